The van der Waals surface area contributed by atoms with Crippen LogP contribution in [0, 0.1) is 5.92 Å². The molecule has 2 aliphatic rings. The first-order valence-electron chi connectivity index (χ1n) is 8.26. The van der Waals surface area contributed by atoms with Crippen LogP contribution in [0.3, 0.4) is 0 Å². The van der Waals surface area contributed by atoms with E-state index >= 15 is 0 Å². The third-order valence-corrected chi connectivity index (χ3v) is 6.19. The Labute approximate surface area is 146 Å². The van der Waals surface area contributed by atoms with Crippen LogP contribution in [0.5, 0.6) is 0 Å². The molecule has 0 spiro atoms. The Bertz CT molecular complexity index is 748. The molecular formula is C15H22N4O5S. The van der Waals surface area contributed by atoms with Crippen LogP contribution in [0.2, 0.25) is 0 Å². The minimum atomic E-state index is -3.84. The van der Waals surface area contributed by atoms with Crippen molar-refractivity contribution < 1.29 is 22.4 Å². The smallest absolute Gasteiger partial charge is 0.284 e. The summed E-state index contributed by atoms with van der Waals surface area (Å²) in [5.74, 6) is -0.343. The van der Waals surface area contributed by atoms with Gasteiger partial charge in [0.1, 0.15) is 0 Å². The second kappa shape index (κ2) is 7.14. The van der Waals surface area contributed by atoms with Gasteiger partial charge in [0, 0.05) is 26.2 Å². The van der Waals surface area contributed by atoms with Gasteiger partial charge in [0.15, 0.2) is 5.76 Å². The predicted molar refractivity (Wildman–Crippen MR) is 88.2 cm³/mol. The van der Waals surface area contributed by atoms with Crippen molar-refractivity contribution in [2.75, 3.05) is 39.3 Å². The summed E-state index contributed by atoms with van der Waals surface area (Å²) in [5, 5.41) is 2.83. The zero-order chi connectivity index (χ0) is 18.0. The number of sulfonamides is 1. The van der Waals surface area contributed by atoms with Gasteiger partial charge >= 0.3 is 0 Å². The summed E-state index contributed by atoms with van der Waals surface area (Å²) in [6.45, 7) is 2.16. The topological polar surface area (TPSA) is 126 Å². The standard InChI is InChI=1S/C15H22N4O5S/c16-15(21)12-3-4-14(24-12)25(22,23)19-7-5-18(6-8-19)13(20)10-17-9-11-1-2-11/h3-4,11,17H,1-2,5-10H2,(H2,16,21). The molecule has 2 amide bonds. The lowest BCUT2D eigenvalue weighted by atomic mass is 10.3. The van der Waals surface area contributed by atoms with Crippen LogP contribution >= 0.6 is 0 Å². The Morgan fingerprint density at radius 1 is 1.20 bits per heavy atom. The maximum Gasteiger partial charge on any atom is 0.284 e. The molecule has 1 saturated heterocycles. The highest BCUT2D eigenvalue weighted by molar-refractivity contribution is 7.89. The molecule has 2 heterocycles. The molecule has 9 nitrogen and oxygen atoms in total. The van der Waals surface area contributed by atoms with Crippen molar-refractivity contribution in [1.29, 1.82) is 0 Å². The Morgan fingerprint density at radius 3 is 2.44 bits per heavy atom. The first-order chi connectivity index (χ1) is 11.9. The number of hydrogen-bond acceptors (Lipinski definition) is 6. The van der Waals surface area contributed by atoms with Crippen LogP contribution in [-0.4, -0.2) is 68.7 Å². The van der Waals surface area contributed by atoms with Gasteiger partial charge in [0.25, 0.3) is 15.9 Å². The average Bonchev–Trinajstić information content (AvgIpc) is 3.26. The molecule has 1 aliphatic carbocycles. The van der Waals surface area contributed by atoms with Gasteiger partial charge in [-0.25, -0.2) is 8.42 Å². The molecule has 3 rings (SSSR count). The highest BCUT2D eigenvalue weighted by atomic mass is 32.2. The van der Waals surface area contributed by atoms with Gasteiger partial charge < -0.3 is 20.4 Å². The number of primary amides is 1. The van der Waals surface area contributed by atoms with Crippen LogP contribution in [0.1, 0.15) is 23.4 Å². The lowest BCUT2D eigenvalue weighted by Gasteiger charge is -2.33. The largest absolute Gasteiger partial charge is 0.438 e. The fourth-order valence-electron chi connectivity index (χ4n) is 2.71. The molecule has 10 heteroatoms. The number of carbonyl (C=O) groups excluding carboxylic acids is 2. The Kier molecular flexibility index (Phi) is 5.11. The van der Waals surface area contributed by atoms with Crippen molar-refractivity contribution in [2.45, 2.75) is 17.9 Å². The molecule has 1 saturated carbocycles. The van der Waals surface area contributed by atoms with E-state index in [-0.39, 0.29) is 36.4 Å². The molecule has 0 unspecified atom stereocenters. The van der Waals surface area contributed by atoms with Crippen molar-refractivity contribution in [2.24, 2.45) is 11.7 Å². The van der Waals surface area contributed by atoms with E-state index in [1.54, 1.807) is 4.90 Å². The van der Waals surface area contributed by atoms with Crippen molar-refractivity contribution in [3.05, 3.63) is 17.9 Å². The van der Waals surface area contributed by atoms with E-state index in [4.69, 9.17) is 10.2 Å². The quantitative estimate of drug-likeness (QED) is 0.648. The Hall–Kier alpha value is -1.91. The average molecular weight is 370 g/mol. The number of hydrogen-bond donors (Lipinski definition) is 2. The summed E-state index contributed by atoms with van der Waals surface area (Å²) in [5.41, 5.74) is 5.07. The molecule has 0 radical (unpaired) electrons. The van der Waals surface area contributed by atoms with Gasteiger partial charge in [-0.05, 0) is 37.4 Å². The minimum absolute atomic E-state index is 0.0216. The van der Waals surface area contributed by atoms with Gasteiger partial charge in [0.05, 0.1) is 6.54 Å². The summed E-state index contributed by atoms with van der Waals surface area (Å²) in [4.78, 5) is 24.8. The van der Waals surface area contributed by atoms with E-state index in [0.29, 0.717) is 19.0 Å². The highest BCUT2D eigenvalue weighted by Crippen LogP contribution is 2.27. The summed E-state index contributed by atoms with van der Waals surface area (Å²) < 4.78 is 31.3. The van der Waals surface area contributed by atoms with Gasteiger partial charge in [0.2, 0.25) is 11.0 Å². The van der Waals surface area contributed by atoms with Crippen molar-refractivity contribution in [1.82, 2.24) is 14.5 Å². The first-order valence-corrected chi connectivity index (χ1v) is 9.70. The van der Waals surface area contributed by atoms with Crippen LogP contribution < -0.4 is 11.1 Å². The maximum absolute atomic E-state index is 12.5. The van der Waals surface area contributed by atoms with Crippen LogP contribution in [-0.2, 0) is 14.8 Å². The van der Waals surface area contributed by atoms with Crippen molar-refractivity contribution in [3.8, 4) is 0 Å². The number of amides is 2. The number of nitrogens with zero attached hydrogens (tertiary/aromatic N) is 2. The molecule has 138 valence electrons. The van der Waals surface area contributed by atoms with Gasteiger partial charge in [-0.15, -0.1) is 0 Å². The zero-order valence-corrected chi connectivity index (χ0v) is 14.6. The summed E-state index contributed by atoms with van der Waals surface area (Å²) in [7, 11) is -3.84. The summed E-state index contributed by atoms with van der Waals surface area (Å²) >= 11 is 0. The van der Waals surface area contributed by atoms with E-state index in [2.05, 4.69) is 5.32 Å². The number of nitrogens with one attached hydrogen (secondary N) is 1. The van der Waals surface area contributed by atoms with Gasteiger partial charge in [-0.1, -0.05) is 0 Å². The molecule has 1 aromatic rings. The summed E-state index contributed by atoms with van der Waals surface area (Å²) in [6, 6.07) is 2.45. The lowest BCUT2D eigenvalue weighted by molar-refractivity contribution is -0.131. The number of nitrogens with two attached hydrogens (primary N) is 1. The molecule has 0 bridgehead atoms. The number of rotatable bonds is 7. The predicted octanol–water partition coefficient (Wildman–Crippen LogP) is -0.789. The second-order valence-corrected chi connectivity index (χ2v) is 8.21. The molecule has 0 atom stereocenters. The van der Waals surface area contributed by atoms with E-state index in [1.165, 1.54) is 29.3 Å². The van der Waals surface area contributed by atoms with Crippen LogP contribution in [0.15, 0.2) is 21.6 Å². The van der Waals surface area contributed by atoms with Crippen molar-refractivity contribution >= 4 is 21.8 Å². The summed E-state index contributed by atoms with van der Waals surface area (Å²) in [6.07, 6.45) is 2.45. The first kappa shape index (κ1) is 17.9. The molecule has 25 heavy (non-hydrogen) atoms. The molecule has 1 aromatic heterocycles. The third-order valence-electron chi connectivity index (χ3n) is 4.42. The van der Waals surface area contributed by atoms with E-state index in [9.17, 15) is 18.0 Å². The monoisotopic (exact) mass is 370 g/mol. The zero-order valence-electron chi connectivity index (χ0n) is 13.8. The lowest BCUT2D eigenvalue weighted by Crippen LogP contribution is -2.52. The van der Waals surface area contributed by atoms with Gasteiger partial charge in [-0.3, -0.25) is 9.59 Å². The third kappa shape index (κ3) is 4.20. The molecule has 0 aromatic carbocycles. The Morgan fingerprint density at radius 2 is 1.88 bits per heavy atom. The molecule has 3 N–H and O–H groups in total. The minimum Gasteiger partial charge on any atom is -0.438 e. The molecular weight excluding hydrogens is 348 g/mol. The fraction of sp³-hybridized carbons (Fsp3) is 0.600. The maximum atomic E-state index is 12.5. The normalized spacial score (nSPS) is 19.1. The highest BCUT2D eigenvalue weighted by Gasteiger charge is 2.32. The van der Waals surface area contributed by atoms with Crippen LogP contribution in [0.4, 0.5) is 0 Å². The SMILES string of the molecule is NC(=O)c1ccc(S(=O)(=O)N2CCN(C(=O)CNCC3CC3)CC2)o1. The fourth-order valence-corrected chi connectivity index (χ4v) is 4.05. The number of furan rings is 1. The molecule has 2 fully saturated rings. The number of carbonyl (C=O) groups is 2. The van der Waals surface area contributed by atoms with Crippen molar-refractivity contribution in [3.63, 3.8) is 0 Å². The Balaban J connectivity index is 1.53. The van der Waals surface area contributed by atoms with E-state index in [1.807, 2.05) is 0 Å². The van der Waals surface area contributed by atoms with Gasteiger partial charge in [-0.2, -0.15) is 4.31 Å². The number of piperazine rings is 1. The van der Waals surface area contributed by atoms with Crippen LogP contribution in [0.25, 0.3) is 0 Å². The van der Waals surface area contributed by atoms with E-state index in [0.717, 1.165) is 6.54 Å². The van der Waals surface area contributed by atoms with E-state index < -0.39 is 15.9 Å². The second-order valence-electron chi connectivity index (χ2n) is 6.34. The molecule has 1 aliphatic heterocycles.